The van der Waals surface area contributed by atoms with E-state index in [0.717, 1.165) is 13.8 Å². The van der Waals surface area contributed by atoms with Gasteiger partial charge in [-0.2, -0.15) is 0 Å². The molecule has 0 aliphatic rings. The van der Waals surface area contributed by atoms with Crippen LogP contribution < -0.4 is 22.5 Å². The van der Waals surface area contributed by atoms with Gasteiger partial charge in [0.15, 0.2) is 0 Å². The van der Waals surface area contributed by atoms with E-state index in [0.29, 0.717) is 0 Å². The van der Waals surface area contributed by atoms with Crippen LogP contribution in [-0.4, -0.2) is 17.4 Å². The van der Waals surface area contributed by atoms with Gasteiger partial charge in [0.05, 0.1) is 11.9 Å². The summed E-state index contributed by atoms with van der Waals surface area (Å²) in [6, 6.07) is 0. The van der Waals surface area contributed by atoms with Crippen LogP contribution in [0.2, 0.25) is 0 Å². The van der Waals surface area contributed by atoms with Crippen LogP contribution in [0.3, 0.4) is 0 Å². The Labute approximate surface area is 90.3 Å². The van der Waals surface area contributed by atoms with Crippen molar-refractivity contribution in [2.75, 3.05) is 0 Å². The summed E-state index contributed by atoms with van der Waals surface area (Å²) >= 11 is 0. The Bertz CT molecular complexity index is 145. The smallest absolute Gasteiger partial charge is 0.549 e. The Morgan fingerprint density at radius 3 is 1.15 bits per heavy atom. The summed E-state index contributed by atoms with van der Waals surface area (Å²) in [7, 11) is 0. The molecule has 0 aromatic carbocycles. The first-order valence-electron chi connectivity index (χ1n) is 2.32. The second-order valence-corrected chi connectivity index (χ2v) is 2.20. The van der Waals surface area contributed by atoms with Gasteiger partial charge in [-0.05, 0) is 13.8 Å². The summed E-state index contributed by atoms with van der Waals surface area (Å²) in [4.78, 5) is 19.9. The van der Waals surface area contributed by atoms with Gasteiger partial charge < -0.3 is 37.6 Å². The van der Waals surface area contributed by atoms with Crippen molar-refractivity contribution < 1.29 is 46.3 Å². The van der Waals surface area contributed by atoms with E-state index < -0.39 is 17.4 Å². The van der Waals surface area contributed by atoms with Crippen molar-refractivity contribution in [3.8, 4) is 0 Å². The van der Waals surface area contributed by atoms with Crippen LogP contribution in [0.4, 0.5) is 0 Å². The van der Waals surface area contributed by atoms with Crippen molar-refractivity contribution in [2.45, 2.75) is 13.8 Å². The molecule has 0 saturated heterocycles. The second-order valence-electron chi connectivity index (χ2n) is 2.20. The number of rotatable bonds is 2. The first-order valence-corrected chi connectivity index (χ1v) is 2.32. The first kappa shape index (κ1) is 29.4. The number of carbonyl (C=O) groups excluding carboxylic acids is 2. The zero-order valence-electron chi connectivity index (χ0n) is 7.36. The quantitative estimate of drug-likeness (QED) is 0.484. The molecule has 8 N–H and O–H groups in total. The molecule has 0 aromatic heterocycles. The molecule has 0 radical (unpaired) electrons. The molecule has 0 atom stereocenters. The summed E-state index contributed by atoms with van der Waals surface area (Å²) in [6.45, 7) is 2.02. The largest absolute Gasteiger partial charge is 4.00 e. The van der Waals surface area contributed by atoms with E-state index >= 15 is 0 Å². The minimum absolute atomic E-state index is 0. The number of hydrogen-bond donors (Lipinski definition) is 2. The van der Waals surface area contributed by atoms with E-state index in [1.807, 2.05) is 0 Å². The van der Waals surface area contributed by atoms with Gasteiger partial charge in [-0.1, -0.05) is 0 Å². The summed E-state index contributed by atoms with van der Waals surface area (Å²) < 4.78 is 0. The molecule has 8 heteroatoms. The predicted octanol–water partition coefficient (Wildman–Crippen LogP) is -2.99. The van der Waals surface area contributed by atoms with Crippen LogP contribution in [0.15, 0.2) is 0 Å². The number of carboxylic acids is 2. The molecule has 0 saturated carbocycles. The fourth-order valence-corrected chi connectivity index (χ4v) is 0.0833. The summed E-state index contributed by atoms with van der Waals surface area (Å²) in [5.74, 6) is -3.27. The van der Waals surface area contributed by atoms with E-state index in [9.17, 15) is 19.8 Å². The molecule has 0 aliphatic heterocycles. The van der Waals surface area contributed by atoms with Crippen molar-refractivity contribution in [3.05, 3.63) is 0 Å². The van der Waals surface area contributed by atoms with Gasteiger partial charge in [-0.3, -0.25) is 0 Å². The SMILES string of the molecule is CC(C)(C(=O)[O-])C(=O)[O-].N.N.O.[Pt+4]. The first-order chi connectivity index (χ1) is 3.89. The summed E-state index contributed by atoms with van der Waals surface area (Å²) in [5.41, 5.74) is -1.89. The fraction of sp³-hybridized carbons (Fsp3) is 0.600. The van der Waals surface area contributed by atoms with Gasteiger partial charge in [0.1, 0.15) is 0 Å². The third kappa shape index (κ3) is 7.86. The molecule has 0 unspecified atom stereocenters. The Kier molecular flexibility index (Phi) is 21.7. The fourth-order valence-electron chi connectivity index (χ4n) is 0.0833. The minimum atomic E-state index is -1.89. The van der Waals surface area contributed by atoms with Gasteiger partial charge >= 0.3 is 21.1 Å². The molecule has 0 rings (SSSR count). The van der Waals surface area contributed by atoms with E-state index in [2.05, 4.69) is 0 Å². The molecule has 7 nitrogen and oxygen atoms in total. The van der Waals surface area contributed by atoms with Crippen LogP contribution in [0.1, 0.15) is 13.8 Å². The van der Waals surface area contributed by atoms with Crippen molar-refractivity contribution in [1.82, 2.24) is 12.3 Å². The van der Waals surface area contributed by atoms with Crippen molar-refractivity contribution in [3.63, 3.8) is 0 Å². The van der Waals surface area contributed by atoms with E-state index in [-0.39, 0.29) is 38.8 Å². The number of carbonyl (C=O) groups is 2. The average Bonchev–Trinajstić information content (AvgIpc) is 1.65. The maximum absolute atomic E-state index is 9.93. The Hall–Kier alpha value is -0.492. The maximum atomic E-state index is 9.93. The van der Waals surface area contributed by atoms with Crippen molar-refractivity contribution >= 4 is 11.9 Å². The molecule has 13 heavy (non-hydrogen) atoms. The van der Waals surface area contributed by atoms with Gasteiger partial charge in [-0.15, -0.1) is 0 Å². The third-order valence-corrected chi connectivity index (χ3v) is 1.02. The van der Waals surface area contributed by atoms with E-state index in [1.54, 1.807) is 0 Å². The summed E-state index contributed by atoms with van der Waals surface area (Å²) in [6.07, 6.45) is 0. The Morgan fingerprint density at radius 2 is 1.15 bits per heavy atom. The van der Waals surface area contributed by atoms with E-state index in [1.165, 1.54) is 0 Å². The maximum Gasteiger partial charge on any atom is 4.00 e. The summed E-state index contributed by atoms with van der Waals surface area (Å²) in [5, 5.41) is 19.9. The standard InChI is InChI=1S/C5H8O4.2H3N.H2O.Pt/c1-5(2,3(6)7)4(8)9;;;;/h1-2H3,(H,6,7)(H,8,9);2*1H3;1H2;/q;;;;+4/p-2. The van der Waals surface area contributed by atoms with Gasteiger partial charge in [0.25, 0.3) is 0 Å². The van der Waals surface area contributed by atoms with Gasteiger partial charge in [0, 0.05) is 5.41 Å². The zero-order valence-corrected chi connectivity index (χ0v) is 9.64. The average molecular weight is 377 g/mol. The van der Waals surface area contributed by atoms with Gasteiger partial charge in [0.2, 0.25) is 0 Å². The Balaban J connectivity index is -0.0000000533. The monoisotopic (exact) mass is 377 g/mol. The zero-order chi connectivity index (χ0) is 7.65. The normalized spacial score (nSPS) is 7.54. The second kappa shape index (κ2) is 9.60. The number of hydrogen-bond acceptors (Lipinski definition) is 6. The predicted molar refractivity (Wildman–Crippen MR) is 37.5 cm³/mol. The van der Waals surface area contributed by atoms with E-state index in [4.69, 9.17) is 0 Å². The molecule has 0 fully saturated rings. The molecule has 0 bridgehead atoms. The van der Waals surface area contributed by atoms with Crippen LogP contribution >= 0.6 is 0 Å². The van der Waals surface area contributed by atoms with Crippen molar-refractivity contribution in [1.29, 1.82) is 0 Å². The molecule has 0 heterocycles. The number of aliphatic carboxylic acids is 2. The Morgan fingerprint density at radius 1 is 1.00 bits per heavy atom. The van der Waals surface area contributed by atoms with Gasteiger partial charge in [-0.25, -0.2) is 0 Å². The molecule has 0 amide bonds. The third-order valence-electron chi connectivity index (χ3n) is 1.02. The van der Waals surface area contributed by atoms with Crippen LogP contribution in [-0.2, 0) is 30.7 Å². The molecule has 0 aliphatic carbocycles. The van der Waals surface area contributed by atoms with Crippen LogP contribution in [0, 0.1) is 5.41 Å². The number of carboxylic acid groups (broad SMARTS) is 2. The molecule has 0 aromatic rings. The van der Waals surface area contributed by atoms with Crippen LogP contribution in [0.5, 0.6) is 0 Å². The molecule has 82 valence electrons. The molecular formula is C5H14N2O5Pt+2. The minimum Gasteiger partial charge on any atom is -0.549 e. The van der Waals surface area contributed by atoms with Crippen LogP contribution in [0.25, 0.3) is 0 Å². The molecule has 0 spiro atoms. The molecular weight excluding hydrogens is 363 g/mol. The van der Waals surface area contributed by atoms with Crippen molar-refractivity contribution in [2.24, 2.45) is 5.41 Å². The topological polar surface area (TPSA) is 182 Å².